The summed E-state index contributed by atoms with van der Waals surface area (Å²) in [4.78, 5) is 20.0. The molecule has 5 rings (SSSR count). The van der Waals surface area contributed by atoms with Crippen LogP contribution in [0.5, 0.6) is 5.75 Å². The van der Waals surface area contributed by atoms with Crippen LogP contribution >= 0.6 is 0 Å². The lowest BCUT2D eigenvalue weighted by molar-refractivity contribution is -0.117. The summed E-state index contributed by atoms with van der Waals surface area (Å²) in [6.07, 6.45) is 2.43. The number of aryl methyl sites for hydroxylation is 5. The fourth-order valence-electron chi connectivity index (χ4n) is 5.28. The molecule has 1 unspecified atom stereocenters. The summed E-state index contributed by atoms with van der Waals surface area (Å²) >= 11 is 0. The average molecular weight is 482 g/mol. The fourth-order valence-corrected chi connectivity index (χ4v) is 5.28. The average Bonchev–Trinajstić information content (AvgIpc) is 3.41. The van der Waals surface area contributed by atoms with Crippen LogP contribution in [0.4, 0.5) is 5.69 Å². The van der Waals surface area contributed by atoms with Gasteiger partial charge in [-0.25, -0.2) is 4.98 Å². The van der Waals surface area contributed by atoms with Gasteiger partial charge in [-0.15, -0.1) is 0 Å². The zero-order chi connectivity index (χ0) is 25.2. The number of nitrogens with zero attached hydrogens (tertiary/aromatic N) is 3. The van der Waals surface area contributed by atoms with Gasteiger partial charge in [0.25, 0.3) is 0 Å². The summed E-state index contributed by atoms with van der Waals surface area (Å²) in [5.41, 5.74) is 7.88. The van der Waals surface area contributed by atoms with Crippen molar-refractivity contribution in [2.75, 3.05) is 18.1 Å². The van der Waals surface area contributed by atoms with Crippen molar-refractivity contribution in [3.63, 3.8) is 0 Å². The Balaban J connectivity index is 1.31. The molecule has 1 atom stereocenters. The molecule has 0 bridgehead atoms. The molecule has 5 nitrogen and oxygen atoms in total. The Hall–Kier alpha value is -3.60. The van der Waals surface area contributed by atoms with Crippen molar-refractivity contribution in [2.24, 2.45) is 0 Å². The molecule has 1 aliphatic rings. The van der Waals surface area contributed by atoms with Crippen molar-refractivity contribution in [1.82, 2.24) is 9.55 Å². The molecule has 1 amide bonds. The van der Waals surface area contributed by atoms with Gasteiger partial charge >= 0.3 is 0 Å². The second kappa shape index (κ2) is 10.2. The van der Waals surface area contributed by atoms with Crippen molar-refractivity contribution in [1.29, 1.82) is 0 Å². The molecule has 1 fully saturated rings. The fraction of sp³-hybridized carbons (Fsp3) is 0.355. The number of carbonyl (C=O) groups is 1. The lowest BCUT2D eigenvalue weighted by Gasteiger charge is -2.20. The van der Waals surface area contributed by atoms with Gasteiger partial charge in [-0.1, -0.05) is 42.0 Å². The van der Waals surface area contributed by atoms with E-state index in [0.717, 1.165) is 53.2 Å². The van der Waals surface area contributed by atoms with Gasteiger partial charge in [0, 0.05) is 31.1 Å². The summed E-state index contributed by atoms with van der Waals surface area (Å²) in [6.45, 7) is 10.6. The van der Waals surface area contributed by atoms with Gasteiger partial charge in [0.05, 0.1) is 17.6 Å². The third kappa shape index (κ3) is 4.88. The van der Waals surface area contributed by atoms with E-state index < -0.39 is 0 Å². The SMILES string of the molecule is Cc1ccc(N2CC(c3nc4ccccc4n3CCCCOc3cc(C)ccc3C)CC2=O)c(C)c1. The van der Waals surface area contributed by atoms with Crippen LogP contribution in [0.1, 0.15) is 53.3 Å². The molecule has 5 heteroatoms. The standard InChI is InChI=1S/C31H35N3O2/c1-21-12-14-27(24(4)17-21)34-20-25(19-30(34)35)31-32-26-9-5-6-10-28(26)33(31)15-7-8-16-36-29-18-22(2)11-13-23(29)3/h5-6,9-14,17-18,25H,7-8,15-16,19-20H2,1-4H3. The highest BCUT2D eigenvalue weighted by Crippen LogP contribution is 2.35. The van der Waals surface area contributed by atoms with Gasteiger partial charge in [-0.3, -0.25) is 4.79 Å². The number of carbonyl (C=O) groups excluding carboxylic acids is 1. The van der Waals surface area contributed by atoms with Crippen molar-refractivity contribution in [2.45, 2.75) is 59.4 Å². The maximum Gasteiger partial charge on any atom is 0.227 e. The molecule has 2 heterocycles. The molecule has 3 aromatic carbocycles. The lowest BCUT2D eigenvalue weighted by Crippen LogP contribution is -2.25. The van der Waals surface area contributed by atoms with Crippen molar-refractivity contribution in [3.8, 4) is 5.75 Å². The van der Waals surface area contributed by atoms with Gasteiger partial charge in [0.15, 0.2) is 0 Å². The Bertz CT molecular complexity index is 1400. The molecule has 0 N–H and O–H groups in total. The predicted octanol–water partition coefficient (Wildman–Crippen LogP) is 6.65. The molecule has 1 aromatic heterocycles. The largest absolute Gasteiger partial charge is 0.493 e. The zero-order valence-electron chi connectivity index (χ0n) is 21.8. The van der Waals surface area contributed by atoms with E-state index in [1.807, 2.05) is 11.0 Å². The first-order chi connectivity index (χ1) is 17.4. The summed E-state index contributed by atoms with van der Waals surface area (Å²) in [5.74, 6) is 2.25. The Morgan fingerprint density at radius 3 is 2.53 bits per heavy atom. The van der Waals surface area contributed by atoms with Gasteiger partial charge in [-0.05, 0) is 81.5 Å². The second-order valence-corrected chi connectivity index (χ2v) is 10.1. The van der Waals surface area contributed by atoms with E-state index in [1.165, 1.54) is 16.7 Å². The van der Waals surface area contributed by atoms with Crippen molar-refractivity contribution < 1.29 is 9.53 Å². The van der Waals surface area contributed by atoms with E-state index in [0.29, 0.717) is 19.6 Å². The number of benzene rings is 3. The topological polar surface area (TPSA) is 47.4 Å². The maximum atomic E-state index is 13.1. The van der Waals surface area contributed by atoms with Crippen LogP contribution < -0.4 is 9.64 Å². The third-order valence-electron chi connectivity index (χ3n) is 7.19. The monoisotopic (exact) mass is 481 g/mol. The highest BCUT2D eigenvalue weighted by molar-refractivity contribution is 5.97. The normalized spacial score (nSPS) is 15.7. The number of unbranched alkanes of at least 4 members (excludes halogenated alkanes) is 1. The highest BCUT2D eigenvalue weighted by atomic mass is 16.5. The quantitative estimate of drug-likeness (QED) is 0.265. The Morgan fingerprint density at radius 2 is 1.69 bits per heavy atom. The molecule has 186 valence electrons. The first-order valence-electron chi connectivity index (χ1n) is 12.9. The predicted molar refractivity (Wildman–Crippen MR) is 146 cm³/mol. The molecule has 36 heavy (non-hydrogen) atoms. The van der Waals surface area contributed by atoms with Gasteiger partial charge in [-0.2, -0.15) is 0 Å². The number of hydrogen-bond acceptors (Lipinski definition) is 3. The molecule has 1 aliphatic heterocycles. The number of fused-ring (bicyclic) bond motifs is 1. The van der Waals surface area contributed by atoms with Crippen LogP contribution in [0.3, 0.4) is 0 Å². The number of imidazole rings is 1. The van der Waals surface area contributed by atoms with E-state index in [9.17, 15) is 4.79 Å². The summed E-state index contributed by atoms with van der Waals surface area (Å²) in [6, 6.07) is 20.9. The molecule has 0 aliphatic carbocycles. The summed E-state index contributed by atoms with van der Waals surface area (Å²) in [5, 5.41) is 0. The summed E-state index contributed by atoms with van der Waals surface area (Å²) < 4.78 is 8.41. The lowest BCUT2D eigenvalue weighted by atomic mass is 10.1. The first kappa shape index (κ1) is 24.1. The molecular formula is C31H35N3O2. The van der Waals surface area contributed by atoms with Crippen LogP contribution in [0, 0.1) is 27.7 Å². The van der Waals surface area contributed by atoms with Gasteiger partial charge in [0.1, 0.15) is 11.6 Å². The number of anilines is 1. The smallest absolute Gasteiger partial charge is 0.227 e. The number of ether oxygens (including phenoxy) is 1. The third-order valence-corrected chi connectivity index (χ3v) is 7.19. The van der Waals surface area contributed by atoms with E-state index in [-0.39, 0.29) is 11.8 Å². The van der Waals surface area contributed by atoms with E-state index in [2.05, 4.69) is 86.9 Å². The minimum absolute atomic E-state index is 0.0804. The molecule has 0 spiro atoms. The van der Waals surface area contributed by atoms with Crippen LogP contribution in [0.2, 0.25) is 0 Å². The van der Waals surface area contributed by atoms with E-state index >= 15 is 0 Å². The van der Waals surface area contributed by atoms with Crippen LogP contribution in [0.25, 0.3) is 11.0 Å². The van der Waals surface area contributed by atoms with Crippen molar-refractivity contribution in [3.05, 3.63) is 88.7 Å². The molecule has 0 saturated carbocycles. The first-order valence-corrected chi connectivity index (χ1v) is 12.9. The van der Waals surface area contributed by atoms with E-state index in [1.54, 1.807) is 0 Å². The minimum atomic E-state index is 0.0804. The Labute approximate surface area is 213 Å². The summed E-state index contributed by atoms with van der Waals surface area (Å²) in [7, 11) is 0. The molecule has 1 saturated heterocycles. The Morgan fingerprint density at radius 1 is 0.917 bits per heavy atom. The van der Waals surface area contributed by atoms with E-state index in [4.69, 9.17) is 9.72 Å². The molecular weight excluding hydrogens is 446 g/mol. The van der Waals surface area contributed by atoms with Crippen LogP contribution in [-0.4, -0.2) is 28.6 Å². The number of para-hydroxylation sites is 2. The Kier molecular flexibility index (Phi) is 6.82. The number of rotatable bonds is 8. The van der Waals surface area contributed by atoms with Gasteiger partial charge in [0.2, 0.25) is 5.91 Å². The maximum absolute atomic E-state index is 13.1. The van der Waals surface area contributed by atoms with Crippen molar-refractivity contribution >= 4 is 22.6 Å². The second-order valence-electron chi connectivity index (χ2n) is 10.1. The number of amides is 1. The highest BCUT2D eigenvalue weighted by Gasteiger charge is 2.35. The minimum Gasteiger partial charge on any atom is -0.493 e. The van der Waals surface area contributed by atoms with Crippen LogP contribution in [-0.2, 0) is 11.3 Å². The number of aromatic nitrogens is 2. The molecule has 0 radical (unpaired) electrons. The zero-order valence-corrected chi connectivity index (χ0v) is 21.8. The van der Waals surface area contributed by atoms with Gasteiger partial charge < -0.3 is 14.2 Å². The number of hydrogen-bond donors (Lipinski definition) is 0. The molecule has 4 aromatic rings. The van der Waals surface area contributed by atoms with Crippen LogP contribution in [0.15, 0.2) is 60.7 Å².